The first-order valence-electron chi connectivity index (χ1n) is 6.22. The van der Waals surface area contributed by atoms with E-state index in [2.05, 4.69) is 5.32 Å². The molecule has 1 aromatic carbocycles. The second kappa shape index (κ2) is 5.14. The highest BCUT2D eigenvalue weighted by atomic mass is 19.3. The number of hydrogen-bond donors (Lipinski definition) is 1. The predicted molar refractivity (Wildman–Crippen MR) is 65.9 cm³/mol. The molecular weight excluding hydrogens is 236 g/mol. The fourth-order valence-electron chi connectivity index (χ4n) is 2.25. The van der Waals surface area contributed by atoms with Gasteiger partial charge in [0.1, 0.15) is 0 Å². The molecule has 0 atom stereocenters. The lowest BCUT2D eigenvalue weighted by atomic mass is 9.89. The van der Waals surface area contributed by atoms with Crippen LogP contribution in [0.25, 0.3) is 0 Å². The summed E-state index contributed by atoms with van der Waals surface area (Å²) in [6.07, 6.45) is 1.65. The van der Waals surface area contributed by atoms with Crippen LogP contribution in [0.5, 0.6) is 0 Å². The largest absolute Gasteiger partial charge is 0.317 e. The normalized spacial score (nSPS) is 17.7. The maximum Gasteiger partial charge on any atom is 0.270 e. The lowest BCUT2D eigenvalue weighted by Crippen LogP contribution is -2.31. The van der Waals surface area contributed by atoms with Crippen LogP contribution in [0.4, 0.5) is 8.78 Å². The van der Waals surface area contributed by atoms with Crippen LogP contribution in [0, 0.1) is 5.92 Å². The van der Waals surface area contributed by atoms with Gasteiger partial charge in [-0.3, -0.25) is 4.79 Å². The van der Waals surface area contributed by atoms with Crippen molar-refractivity contribution in [3.63, 3.8) is 0 Å². The number of carbonyl (C=O) groups is 1. The van der Waals surface area contributed by atoms with E-state index in [9.17, 15) is 13.6 Å². The summed E-state index contributed by atoms with van der Waals surface area (Å²) >= 11 is 0. The van der Waals surface area contributed by atoms with Crippen molar-refractivity contribution in [2.75, 3.05) is 13.1 Å². The van der Waals surface area contributed by atoms with Gasteiger partial charge in [-0.15, -0.1) is 0 Å². The molecule has 1 heterocycles. The number of piperidine rings is 1. The van der Waals surface area contributed by atoms with Crippen molar-refractivity contribution in [1.29, 1.82) is 0 Å². The molecule has 98 valence electrons. The van der Waals surface area contributed by atoms with Crippen LogP contribution < -0.4 is 5.32 Å². The number of halogens is 2. The third-order valence-corrected chi connectivity index (χ3v) is 3.39. The summed E-state index contributed by atoms with van der Waals surface area (Å²) in [5.74, 6) is -2.75. The summed E-state index contributed by atoms with van der Waals surface area (Å²) in [6, 6.07) is 5.71. The Morgan fingerprint density at radius 2 is 1.78 bits per heavy atom. The Balaban J connectivity index is 2.11. The fourth-order valence-corrected chi connectivity index (χ4v) is 2.25. The van der Waals surface area contributed by atoms with E-state index in [-0.39, 0.29) is 17.3 Å². The monoisotopic (exact) mass is 253 g/mol. The van der Waals surface area contributed by atoms with E-state index in [1.54, 1.807) is 0 Å². The Labute approximate surface area is 105 Å². The lowest BCUT2D eigenvalue weighted by Gasteiger charge is -2.21. The van der Waals surface area contributed by atoms with E-state index in [1.165, 1.54) is 24.3 Å². The topological polar surface area (TPSA) is 29.1 Å². The van der Waals surface area contributed by atoms with Gasteiger partial charge in [0.05, 0.1) is 0 Å². The van der Waals surface area contributed by atoms with E-state index >= 15 is 0 Å². The molecule has 4 heteroatoms. The maximum atomic E-state index is 13.0. The number of Topliss-reactive ketones (excluding diaryl/α,β-unsaturated/α-hetero) is 1. The maximum absolute atomic E-state index is 13.0. The molecule has 1 saturated heterocycles. The second-order valence-electron chi connectivity index (χ2n) is 4.85. The summed E-state index contributed by atoms with van der Waals surface area (Å²) in [4.78, 5) is 12.1. The second-order valence-corrected chi connectivity index (χ2v) is 4.85. The summed E-state index contributed by atoms with van der Waals surface area (Å²) in [7, 11) is 0. The molecular formula is C14H17F2NO. The first-order chi connectivity index (χ1) is 8.48. The zero-order valence-electron chi connectivity index (χ0n) is 10.4. The van der Waals surface area contributed by atoms with Crippen molar-refractivity contribution in [2.24, 2.45) is 5.92 Å². The van der Waals surface area contributed by atoms with Crippen LogP contribution >= 0.6 is 0 Å². The van der Waals surface area contributed by atoms with Gasteiger partial charge in [0.15, 0.2) is 5.78 Å². The molecule has 18 heavy (non-hydrogen) atoms. The number of nitrogens with one attached hydrogen (secondary N) is 1. The molecule has 2 rings (SSSR count). The Morgan fingerprint density at radius 1 is 1.22 bits per heavy atom. The van der Waals surface area contributed by atoms with Gasteiger partial charge in [-0.1, -0.05) is 24.3 Å². The number of carbonyl (C=O) groups excluding carboxylic acids is 1. The predicted octanol–water partition coefficient (Wildman–Crippen LogP) is 2.98. The summed E-state index contributed by atoms with van der Waals surface area (Å²) in [5, 5.41) is 3.20. The summed E-state index contributed by atoms with van der Waals surface area (Å²) < 4.78 is 26.1. The Hall–Kier alpha value is -1.29. The molecule has 1 N–H and O–H groups in total. The highest BCUT2D eigenvalue weighted by Gasteiger charge is 2.26. The minimum absolute atomic E-state index is 0.0271. The van der Waals surface area contributed by atoms with Crippen LogP contribution in [-0.4, -0.2) is 18.9 Å². The molecule has 0 saturated carbocycles. The zero-order chi connectivity index (χ0) is 13.2. The number of hydrogen-bond acceptors (Lipinski definition) is 2. The van der Waals surface area contributed by atoms with Crippen molar-refractivity contribution >= 4 is 5.78 Å². The number of benzene rings is 1. The van der Waals surface area contributed by atoms with Gasteiger partial charge in [0.25, 0.3) is 5.92 Å². The quantitative estimate of drug-likeness (QED) is 0.839. The summed E-state index contributed by atoms with van der Waals surface area (Å²) in [6.45, 7) is 2.56. The standard InChI is InChI=1S/C14H17F2NO/c1-14(15,16)12-4-2-10(3-5-12)13(18)11-6-8-17-9-7-11/h2-5,11,17H,6-9H2,1H3. The average Bonchev–Trinajstić information content (AvgIpc) is 2.38. The molecule has 0 amide bonds. The molecule has 2 nitrogen and oxygen atoms in total. The van der Waals surface area contributed by atoms with Gasteiger partial charge >= 0.3 is 0 Å². The molecule has 0 aliphatic carbocycles. The molecule has 1 aliphatic rings. The van der Waals surface area contributed by atoms with Crippen LogP contribution in [0.15, 0.2) is 24.3 Å². The van der Waals surface area contributed by atoms with Crippen molar-refractivity contribution in [2.45, 2.75) is 25.7 Å². The highest BCUT2D eigenvalue weighted by Crippen LogP contribution is 2.27. The lowest BCUT2D eigenvalue weighted by molar-refractivity contribution is 0.0174. The minimum atomic E-state index is -2.85. The fraction of sp³-hybridized carbons (Fsp3) is 0.500. The number of ketones is 1. The van der Waals surface area contributed by atoms with Crippen LogP contribution in [0.3, 0.4) is 0 Å². The van der Waals surface area contributed by atoms with Crippen LogP contribution in [0.2, 0.25) is 0 Å². The van der Waals surface area contributed by atoms with E-state index < -0.39 is 5.92 Å². The van der Waals surface area contributed by atoms with Gasteiger partial charge in [-0.25, -0.2) is 8.78 Å². The third-order valence-electron chi connectivity index (χ3n) is 3.39. The van der Waals surface area contributed by atoms with E-state index in [4.69, 9.17) is 0 Å². The van der Waals surface area contributed by atoms with Gasteiger partial charge in [0.2, 0.25) is 0 Å². The SMILES string of the molecule is CC(F)(F)c1ccc(C(=O)C2CCNCC2)cc1. The van der Waals surface area contributed by atoms with E-state index in [0.717, 1.165) is 32.9 Å². The van der Waals surface area contributed by atoms with Crippen molar-refractivity contribution in [3.8, 4) is 0 Å². The van der Waals surface area contributed by atoms with Crippen molar-refractivity contribution < 1.29 is 13.6 Å². The molecule has 0 radical (unpaired) electrons. The van der Waals surface area contributed by atoms with E-state index in [0.29, 0.717) is 5.56 Å². The molecule has 0 bridgehead atoms. The van der Waals surface area contributed by atoms with Gasteiger partial charge < -0.3 is 5.32 Å². The first kappa shape index (κ1) is 13.1. The first-order valence-corrected chi connectivity index (χ1v) is 6.22. The molecule has 0 unspecified atom stereocenters. The molecule has 0 spiro atoms. The molecule has 1 aliphatic heterocycles. The summed E-state index contributed by atoms with van der Waals surface area (Å²) in [5.41, 5.74) is 0.485. The Bertz CT molecular complexity index is 416. The zero-order valence-corrected chi connectivity index (χ0v) is 10.4. The minimum Gasteiger partial charge on any atom is -0.317 e. The van der Waals surface area contributed by atoms with Gasteiger partial charge in [-0.2, -0.15) is 0 Å². The van der Waals surface area contributed by atoms with Gasteiger partial charge in [-0.05, 0) is 25.9 Å². The van der Waals surface area contributed by atoms with Gasteiger partial charge in [0, 0.05) is 24.0 Å². The average molecular weight is 253 g/mol. The molecule has 1 aromatic rings. The smallest absolute Gasteiger partial charge is 0.270 e. The van der Waals surface area contributed by atoms with Crippen molar-refractivity contribution in [1.82, 2.24) is 5.32 Å². The third kappa shape index (κ3) is 2.93. The Kier molecular flexibility index (Phi) is 3.76. The highest BCUT2D eigenvalue weighted by molar-refractivity contribution is 5.97. The van der Waals surface area contributed by atoms with Crippen molar-refractivity contribution in [3.05, 3.63) is 35.4 Å². The number of rotatable bonds is 3. The number of alkyl halides is 2. The van der Waals surface area contributed by atoms with E-state index in [1.807, 2.05) is 0 Å². The molecule has 0 aromatic heterocycles. The Morgan fingerprint density at radius 3 is 2.28 bits per heavy atom. The van der Waals surface area contributed by atoms with Crippen LogP contribution in [0.1, 0.15) is 35.7 Å². The molecule has 1 fully saturated rings. The van der Waals surface area contributed by atoms with Crippen LogP contribution in [-0.2, 0) is 5.92 Å².